The number of rotatable bonds is 7. The minimum absolute atomic E-state index is 0. The number of nitrogens with zero attached hydrogens (tertiary/aromatic N) is 1. The minimum atomic E-state index is 0. The summed E-state index contributed by atoms with van der Waals surface area (Å²) in [6.45, 7) is 7.04. The fourth-order valence-electron chi connectivity index (χ4n) is 2.82. The lowest BCUT2D eigenvalue weighted by atomic mass is 10.1. The van der Waals surface area contributed by atoms with Crippen LogP contribution in [0.4, 0.5) is 0 Å². The zero-order valence-corrected chi connectivity index (χ0v) is 14.3. The van der Waals surface area contributed by atoms with Gasteiger partial charge in [0.15, 0.2) is 6.61 Å². The Morgan fingerprint density at radius 3 is 2.77 bits per heavy atom. The number of benzene rings is 1. The van der Waals surface area contributed by atoms with Gasteiger partial charge in [-0.25, -0.2) is 0 Å². The molecular weight excluding hydrogens is 300 g/mol. The van der Waals surface area contributed by atoms with E-state index in [4.69, 9.17) is 4.74 Å². The maximum absolute atomic E-state index is 12.5. The maximum Gasteiger partial charge on any atom is 0.260 e. The van der Waals surface area contributed by atoms with E-state index in [0.717, 1.165) is 50.2 Å². The molecular formula is C17H27ClN2O2. The Morgan fingerprint density at radius 2 is 2.14 bits per heavy atom. The van der Waals surface area contributed by atoms with Crippen LogP contribution in [0, 0.1) is 0 Å². The van der Waals surface area contributed by atoms with Crippen molar-refractivity contribution < 1.29 is 9.53 Å². The normalized spacial score (nSPS) is 16.9. The van der Waals surface area contributed by atoms with Crippen LogP contribution in [-0.2, 0) is 11.2 Å². The van der Waals surface area contributed by atoms with Crippen LogP contribution < -0.4 is 10.1 Å². The van der Waals surface area contributed by atoms with Gasteiger partial charge in [-0.15, -0.1) is 12.4 Å². The lowest BCUT2D eigenvalue weighted by Crippen LogP contribution is -2.44. The number of aryl methyl sites for hydroxylation is 1. The number of para-hydroxylation sites is 1. The number of amides is 1. The molecule has 1 aliphatic rings. The molecule has 0 bridgehead atoms. The van der Waals surface area contributed by atoms with E-state index in [1.165, 1.54) is 0 Å². The molecule has 0 spiro atoms. The molecule has 124 valence electrons. The third kappa shape index (κ3) is 4.89. The summed E-state index contributed by atoms with van der Waals surface area (Å²) in [6.07, 6.45) is 2.93. The molecule has 1 aromatic rings. The first kappa shape index (κ1) is 18.8. The van der Waals surface area contributed by atoms with Crippen molar-refractivity contribution in [3.05, 3.63) is 29.8 Å². The Hall–Kier alpha value is -1.26. The molecule has 1 fully saturated rings. The van der Waals surface area contributed by atoms with E-state index >= 15 is 0 Å². The van der Waals surface area contributed by atoms with E-state index in [1.54, 1.807) is 0 Å². The first-order valence-corrected chi connectivity index (χ1v) is 7.97. The van der Waals surface area contributed by atoms with Gasteiger partial charge in [-0.1, -0.05) is 32.0 Å². The molecule has 5 heteroatoms. The van der Waals surface area contributed by atoms with Gasteiger partial charge in [-0.3, -0.25) is 4.79 Å². The Morgan fingerprint density at radius 1 is 1.36 bits per heavy atom. The SMILES string of the molecule is CCCN(C(=O)COc1ccccc1CC)C1CCNC1.Cl. The Bertz CT molecular complexity index is 462. The highest BCUT2D eigenvalue weighted by molar-refractivity contribution is 5.85. The van der Waals surface area contributed by atoms with E-state index in [9.17, 15) is 4.79 Å². The van der Waals surface area contributed by atoms with E-state index in [2.05, 4.69) is 19.2 Å². The van der Waals surface area contributed by atoms with Crippen LogP contribution in [0.3, 0.4) is 0 Å². The average Bonchev–Trinajstić information content (AvgIpc) is 3.04. The number of hydrogen-bond donors (Lipinski definition) is 1. The van der Waals surface area contributed by atoms with Gasteiger partial charge in [0.25, 0.3) is 5.91 Å². The van der Waals surface area contributed by atoms with Crippen LogP contribution in [0.2, 0.25) is 0 Å². The van der Waals surface area contributed by atoms with Crippen LogP contribution in [-0.4, -0.2) is 43.1 Å². The van der Waals surface area contributed by atoms with E-state index < -0.39 is 0 Å². The summed E-state index contributed by atoms with van der Waals surface area (Å²) < 4.78 is 5.77. The van der Waals surface area contributed by atoms with Gasteiger partial charge in [0.05, 0.1) is 0 Å². The molecule has 1 atom stereocenters. The fourth-order valence-corrected chi connectivity index (χ4v) is 2.82. The first-order chi connectivity index (χ1) is 10.3. The number of hydrogen-bond acceptors (Lipinski definition) is 3. The fraction of sp³-hybridized carbons (Fsp3) is 0.588. The number of nitrogens with one attached hydrogen (secondary N) is 1. The molecule has 1 unspecified atom stereocenters. The van der Waals surface area contributed by atoms with Crippen LogP contribution in [0.25, 0.3) is 0 Å². The molecule has 1 N–H and O–H groups in total. The molecule has 1 aliphatic heterocycles. The summed E-state index contributed by atoms with van der Waals surface area (Å²) in [4.78, 5) is 14.4. The molecule has 0 saturated carbocycles. The van der Waals surface area contributed by atoms with Crippen LogP contribution in [0.1, 0.15) is 32.3 Å². The predicted molar refractivity (Wildman–Crippen MR) is 91.8 cm³/mol. The average molecular weight is 327 g/mol. The summed E-state index contributed by atoms with van der Waals surface area (Å²) in [5.41, 5.74) is 1.15. The lowest BCUT2D eigenvalue weighted by Gasteiger charge is -2.28. The largest absolute Gasteiger partial charge is 0.483 e. The topological polar surface area (TPSA) is 41.6 Å². The molecule has 2 rings (SSSR count). The van der Waals surface area contributed by atoms with Crippen molar-refractivity contribution in [3.8, 4) is 5.75 Å². The van der Waals surface area contributed by atoms with Crippen molar-refractivity contribution in [2.45, 2.75) is 39.2 Å². The molecule has 0 radical (unpaired) electrons. The zero-order valence-electron chi connectivity index (χ0n) is 13.5. The van der Waals surface area contributed by atoms with Crippen molar-refractivity contribution in [2.75, 3.05) is 26.2 Å². The summed E-state index contributed by atoms with van der Waals surface area (Å²) in [5, 5.41) is 3.32. The number of ether oxygens (including phenoxy) is 1. The van der Waals surface area contributed by atoms with Crippen molar-refractivity contribution >= 4 is 18.3 Å². The molecule has 4 nitrogen and oxygen atoms in total. The summed E-state index contributed by atoms with van der Waals surface area (Å²) in [6, 6.07) is 8.25. The second-order valence-corrected chi connectivity index (χ2v) is 5.48. The van der Waals surface area contributed by atoms with Crippen molar-refractivity contribution in [1.29, 1.82) is 0 Å². The molecule has 1 amide bonds. The predicted octanol–water partition coefficient (Wildman–Crippen LogP) is 2.65. The summed E-state index contributed by atoms with van der Waals surface area (Å²) >= 11 is 0. The number of carbonyl (C=O) groups excluding carboxylic acids is 1. The number of carbonyl (C=O) groups is 1. The van der Waals surface area contributed by atoms with Crippen molar-refractivity contribution in [1.82, 2.24) is 10.2 Å². The smallest absolute Gasteiger partial charge is 0.260 e. The summed E-state index contributed by atoms with van der Waals surface area (Å²) in [5.74, 6) is 0.922. The van der Waals surface area contributed by atoms with Crippen LogP contribution in [0.5, 0.6) is 5.75 Å². The van der Waals surface area contributed by atoms with Gasteiger partial charge in [-0.05, 0) is 37.4 Å². The third-order valence-corrected chi connectivity index (χ3v) is 3.96. The molecule has 1 aromatic carbocycles. The van der Waals surface area contributed by atoms with Crippen LogP contribution >= 0.6 is 12.4 Å². The molecule has 0 aromatic heterocycles. The Balaban J connectivity index is 0.00000242. The van der Waals surface area contributed by atoms with E-state index in [0.29, 0.717) is 6.04 Å². The monoisotopic (exact) mass is 326 g/mol. The van der Waals surface area contributed by atoms with Gasteiger partial charge in [0, 0.05) is 19.1 Å². The number of halogens is 1. The van der Waals surface area contributed by atoms with Crippen molar-refractivity contribution in [2.24, 2.45) is 0 Å². The second-order valence-electron chi connectivity index (χ2n) is 5.48. The first-order valence-electron chi connectivity index (χ1n) is 7.97. The van der Waals surface area contributed by atoms with Gasteiger partial charge >= 0.3 is 0 Å². The summed E-state index contributed by atoms with van der Waals surface area (Å²) in [7, 11) is 0. The minimum Gasteiger partial charge on any atom is -0.483 e. The maximum atomic E-state index is 12.5. The standard InChI is InChI=1S/C17H26N2O2.ClH/c1-3-11-19(15-9-10-18-12-15)17(20)13-21-16-8-6-5-7-14(16)4-2;/h5-8,15,18H,3-4,9-13H2,1-2H3;1H. The second kappa shape index (κ2) is 9.70. The van der Waals surface area contributed by atoms with Gasteiger partial charge in [0.2, 0.25) is 0 Å². The van der Waals surface area contributed by atoms with Gasteiger partial charge in [-0.2, -0.15) is 0 Å². The highest BCUT2D eigenvalue weighted by atomic mass is 35.5. The van der Waals surface area contributed by atoms with E-state index in [-0.39, 0.29) is 24.9 Å². The molecule has 1 heterocycles. The third-order valence-electron chi connectivity index (χ3n) is 3.96. The molecule has 0 aliphatic carbocycles. The molecule has 22 heavy (non-hydrogen) atoms. The molecule has 1 saturated heterocycles. The van der Waals surface area contributed by atoms with Crippen LogP contribution in [0.15, 0.2) is 24.3 Å². The highest BCUT2D eigenvalue weighted by Gasteiger charge is 2.26. The Kier molecular flexibility index (Phi) is 8.28. The zero-order chi connectivity index (χ0) is 15.1. The highest BCUT2D eigenvalue weighted by Crippen LogP contribution is 2.18. The van der Waals surface area contributed by atoms with E-state index in [1.807, 2.05) is 29.2 Å². The van der Waals surface area contributed by atoms with Gasteiger partial charge < -0.3 is 15.0 Å². The lowest BCUT2D eigenvalue weighted by molar-refractivity contribution is -0.135. The van der Waals surface area contributed by atoms with Crippen molar-refractivity contribution in [3.63, 3.8) is 0 Å². The Labute approximate surface area is 139 Å². The van der Waals surface area contributed by atoms with Gasteiger partial charge in [0.1, 0.15) is 5.75 Å². The quantitative estimate of drug-likeness (QED) is 0.837.